The number of para-hydroxylation sites is 1. The minimum Gasteiger partial charge on any atom is -0.496 e. The van der Waals surface area contributed by atoms with Crippen molar-refractivity contribution < 1.29 is 4.74 Å². The quantitative estimate of drug-likeness (QED) is 0.842. The van der Waals surface area contributed by atoms with Gasteiger partial charge in [-0.05, 0) is 50.0 Å². The van der Waals surface area contributed by atoms with Gasteiger partial charge in [-0.1, -0.05) is 24.3 Å². The summed E-state index contributed by atoms with van der Waals surface area (Å²) in [6.45, 7) is 3.30. The first kappa shape index (κ1) is 16.6. The number of fused-ring (bicyclic) bond motifs is 2. The molecule has 27 heavy (non-hydrogen) atoms. The van der Waals surface area contributed by atoms with Crippen LogP contribution in [0.5, 0.6) is 5.75 Å². The number of nitrogens with zero attached hydrogens (tertiary/aromatic N) is 4. The second kappa shape index (κ2) is 6.54. The summed E-state index contributed by atoms with van der Waals surface area (Å²) in [7, 11) is 1.76. The van der Waals surface area contributed by atoms with Crippen molar-refractivity contribution in [3.63, 3.8) is 0 Å². The van der Waals surface area contributed by atoms with Crippen LogP contribution in [-0.4, -0.2) is 48.7 Å². The van der Waals surface area contributed by atoms with Gasteiger partial charge in [0, 0.05) is 30.1 Å². The number of ether oxygens (including phenoxy) is 1. The van der Waals surface area contributed by atoms with Crippen molar-refractivity contribution in [1.82, 2.24) is 9.88 Å². The molecule has 5 nitrogen and oxygen atoms in total. The smallest absolute Gasteiger partial charge is 0.142 e. The van der Waals surface area contributed by atoms with Gasteiger partial charge in [-0.2, -0.15) is 5.26 Å². The van der Waals surface area contributed by atoms with E-state index in [4.69, 9.17) is 4.74 Å². The minimum absolute atomic E-state index is 0.391. The average Bonchev–Trinajstić information content (AvgIpc) is 3.17. The summed E-state index contributed by atoms with van der Waals surface area (Å²) in [6.07, 6.45) is 2.52. The van der Waals surface area contributed by atoms with Crippen LogP contribution in [0, 0.1) is 17.2 Å². The van der Waals surface area contributed by atoms with Gasteiger partial charge in [0.15, 0.2) is 0 Å². The van der Waals surface area contributed by atoms with Crippen LogP contribution in [-0.2, 0) is 0 Å². The Balaban J connectivity index is 1.59. The highest BCUT2D eigenvalue weighted by atomic mass is 16.5. The molecule has 4 aliphatic heterocycles. The number of rotatable bonds is 3. The molecule has 1 aromatic carbocycles. The molecule has 0 radical (unpaired) electrons. The Morgan fingerprint density at radius 2 is 1.89 bits per heavy atom. The molecule has 0 spiro atoms. The van der Waals surface area contributed by atoms with E-state index in [9.17, 15) is 5.26 Å². The van der Waals surface area contributed by atoms with Crippen LogP contribution < -0.4 is 9.64 Å². The normalized spacial score (nSPS) is 31.4. The van der Waals surface area contributed by atoms with Gasteiger partial charge in [0.2, 0.25) is 0 Å². The Hall–Kier alpha value is -2.58. The lowest BCUT2D eigenvalue weighted by Gasteiger charge is -2.51. The highest BCUT2D eigenvalue weighted by molar-refractivity contribution is 5.50. The highest BCUT2D eigenvalue weighted by Gasteiger charge is 2.54. The lowest BCUT2D eigenvalue weighted by atomic mass is 9.75. The first-order chi connectivity index (χ1) is 13.3. The van der Waals surface area contributed by atoms with Crippen LogP contribution in [0.3, 0.4) is 0 Å². The fraction of sp³-hybridized carbons (Fsp3) is 0.455. The fourth-order valence-corrected chi connectivity index (χ4v) is 5.57. The molecule has 2 aromatic rings. The third-order valence-corrected chi connectivity index (χ3v) is 6.68. The standard InChI is InChI=1S/C22H24N4O/c1-27-19-7-3-2-6-17(19)18-14-26(20-8-4-5-16(13-23)24-20)21-15-9-11-25(12-10-15)22(18)21/h2-8,15,18,21-22H,9-12,14H2,1H3/t18-,21-,22-/m1/s1. The van der Waals surface area contributed by atoms with Gasteiger partial charge < -0.3 is 9.64 Å². The van der Waals surface area contributed by atoms with Crippen molar-refractivity contribution in [3.05, 3.63) is 53.7 Å². The molecule has 5 heterocycles. The van der Waals surface area contributed by atoms with Crippen molar-refractivity contribution in [2.24, 2.45) is 5.92 Å². The zero-order chi connectivity index (χ0) is 18.4. The molecular weight excluding hydrogens is 336 g/mol. The van der Waals surface area contributed by atoms with Crippen molar-refractivity contribution in [3.8, 4) is 11.8 Å². The van der Waals surface area contributed by atoms with Gasteiger partial charge in [-0.15, -0.1) is 0 Å². The van der Waals surface area contributed by atoms with Gasteiger partial charge in [-0.25, -0.2) is 4.98 Å². The van der Waals surface area contributed by atoms with Crippen molar-refractivity contribution in [1.29, 1.82) is 5.26 Å². The van der Waals surface area contributed by atoms with E-state index in [0.29, 0.717) is 29.6 Å². The molecule has 0 amide bonds. The van der Waals surface area contributed by atoms with Gasteiger partial charge >= 0.3 is 0 Å². The number of methoxy groups -OCH3 is 1. The summed E-state index contributed by atoms with van der Waals surface area (Å²) in [5.41, 5.74) is 1.78. The molecule has 0 unspecified atom stereocenters. The average molecular weight is 360 g/mol. The second-order valence-corrected chi connectivity index (χ2v) is 7.85. The van der Waals surface area contributed by atoms with Gasteiger partial charge in [-0.3, -0.25) is 4.90 Å². The summed E-state index contributed by atoms with van der Waals surface area (Å²) in [5.74, 6) is 3.01. The predicted molar refractivity (Wildman–Crippen MR) is 104 cm³/mol. The zero-order valence-corrected chi connectivity index (χ0v) is 15.6. The largest absolute Gasteiger partial charge is 0.496 e. The Labute approximate surface area is 160 Å². The molecule has 0 aliphatic carbocycles. The number of benzene rings is 1. The van der Waals surface area contributed by atoms with Gasteiger partial charge in [0.1, 0.15) is 23.3 Å². The zero-order valence-electron chi connectivity index (χ0n) is 15.6. The topological polar surface area (TPSA) is 52.4 Å². The van der Waals surface area contributed by atoms with Crippen LogP contribution in [0.1, 0.15) is 30.0 Å². The molecule has 6 rings (SSSR count). The number of nitriles is 1. The Morgan fingerprint density at radius 1 is 1.07 bits per heavy atom. The van der Waals surface area contributed by atoms with E-state index in [1.165, 1.54) is 31.5 Å². The van der Waals surface area contributed by atoms with Crippen molar-refractivity contribution in [2.75, 3.05) is 31.6 Å². The Morgan fingerprint density at radius 3 is 2.67 bits per heavy atom. The van der Waals surface area contributed by atoms with E-state index < -0.39 is 0 Å². The number of hydrogen-bond donors (Lipinski definition) is 0. The highest BCUT2D eigenvalue weighted by Crippen LogP contribution is 2.49. The van der Waals surface area contributed by atoms with Crippen LogP contribution >= 0.6 is 0 Å². The van der Waals surface area contributed by atoms with Crippen LogP contribution in [0.2, 0.25) is 0 Å². The summed E-state index contributed by atoms with van der Waals surface area (Å²) >= 11 is 0. The Kier molecular flexibility index (Phi) is 4.02. The first-order valence-corrected chi connectivity index (χ1v) is 9.81. The van der Waals surface area contributed by atoms with E-state index in [1.54, 1.807) is 13.2 Å². The van der Waals surface area contributed by atoms with E-state index >= 15 is 0 Å². The SMILES string of the molecule is COc1ccccc1[C@H]1CN(c2cccc(C#N)n2)[C@@H]2C3CCN(CC3)[C@H]12. The Bertz CT molecular complexity index is 884. The summed E-state index contributed by atoms with van der Waals surface area (Å²) in [5, 5.41) is 9.29. The molecule has 138 valence electrons. The van der Waals surface area contributed by atoms with Gasteiger partial charge in [0.25, 0.3) is 0 Å². The lowest BCUT2D eigenvalue weighted by Crippen LogP contribution is -2.60. The summed E-state index contributed by atoms with van der Waals surface area (Å²) in [6, 6.07) is 17.4. The molecule has 4 fully saturated rings. The molecule has 3 atom stereocenters. The summed E-state index contributed by atoms with van der Waals surface area (Å²) in [4.78, 5) is 9.78. The maximum Gasteiger partial charge on any atom is 0.142 e. The molecule has 0 saturated carbocycles. The molecule has 5 heteroatoms. The second-order valence-electron chi connectivity index (χ2n) is 7.85. The number of aromatic nitrogens is 1. The molecule has 4 aliphatic rings. The monoisotopic (exact) mass is 360 g/mol. The minimum atomic E-state index is 0.391. The van der Waals surface area contributed by atoms with Crippen LogP contribution in [0.15, 0.2) is 42.5 Å². The van der Waals surface area contributed by atoms with Crippen LogP contribution in [0.25, 0.3) is 0 Å². The molecule has 2 bridgehead atoms. The van der Waals surface area contributed by atoms with Gasteiger partial charge in [0.05, 0.1) is 7.11 Å². The summed E-state index contributed by atoms with van der Waals surface area (Å²) < 4.78 is 5.70. The maximum absolute atomic E-state index is 9.29. The van der Waals surface area contributed by atoms with Crippen LogP contribution in [0.4, 0.5) is 5.82 Å². The number of anilines is 1. The van der Waals surface area contributed by atoms with Crippen molar-refractivity contribution >= 4 is 5.82 Å². The van der Waals surface area contributed by atoms with E-state index in [0.717, 1.165) is 18.1 Å². The predicted octanol–water partition coefficient (Wildman–Crippen LogP) is 3.03. The van der Waals surface area contributed by atoms with E-state index in [-0.39, 0.29) is 0 Å². The van der Waals surface area contributed by atoms with E-state index in [2.05, 4.69) is 45.1 Å². The third-order valence-electron chi connectivity index (χ3n) is 6.68. The molecule has 0 N–H and O–H groups in total. The fourth-order valence-electron chi connectivity index (χ4n) is 5.57. The molecular formula is C22H24N4O. The molecule has 1 aromatic heterocycles. The molecule has 4 saturated heterocycles. The number of hydrogen-bond acceptors (Lipinski definition) is 5. The first-order valence-electron chi connectivity index (χ1n) is 9.81. The third kappa shape index (κ3) is 2.59. The van der Waals surface area contributed by atoms with Crippen molar-refractivity contribution in [2.45, 2.75) is 30.8 Å². The number of pyridine rings is 1. The van der Waals surface area contributed by atoms with E-state index in [1.807, 2.05) is 12.1 Å². The maximum atomic E-state index is 9.29. The lowest BCUT2D eigenvalue weighted by molar-refractivity contribution is 0.0352. The number of piperidine rings is 3.